The number of anilines is 3. The standard InChI is InChI=1S/C18H15N3O2S/c1-12(22)13-6-5-9-15(10-13)19-17(23)16-11-24-18(21-16)20-14-7-3-2-4-8-14/h2-11H,1H3,(H,19,23)(H,20,21). The van der Waals surface area contributed by atoms with Crippen molar-refractivity contribution in [3.63, 3.8) is 0 Å². The van der Waals surface area contributed by atoms with Crippen molar-refractivity contribution in [2.45, 2.75) is 6.92 Å². The van der Waals surface area contributed by atoms with Crippen molar-refractivity contribution < 1.29 is 9.59 Å². The Morgan fingerprint density at radius 1 is 1.00 bits per heavy atom. The maximum atomic E-state index is 12.3. The van der Waals surface area contributed by atoms with Gasteiger partial charge in [0, 0.05) is 22.3 Å². The van der Waals surface area contributed by atoms with Crippen molar-refractivity contribution >= 4 is 39.5 Å². The third kappa shape index (κ3) is 3.85. The molecule has 0 aliphatic heterocycles. The molecule has 1 amide bonds. The maximum Gasteiger partial charge on any atom is 0.275 e. The summed E-state index contributed by atoms with van der Waals surface area (Å²) in [5.74, 6) is -0.359. The first kappa shape index (κ1) is 15.9. The van der Waals surface area contributed by atoms with Crippen LogP contribution in [-0.2, 0) is 0 Å². The van der Waals surface area contributed by atoms with Gasteiger partial charge in [-0.1, -0.05) is 30.3 Å². The van der Waals surface area contributed by atoms with Crippen LogP contribution in [0.25, 0.3) is 0 Å². The lowest BCUT2D eigenvalue weighted by Crippen LogP contribution is -2.12. The van der Waals surface area contributed by atoms with Gasteiger partial charge in [-0.15, -0.1) is 11.3 Å². The van der Waals surface area contributed by atoms with Crippen LogP contribution in [0.1, 0.15) is 27.8 Å². The molecule has 6 heteroatoms. The summed E-state index contributed by atoms with van der Waals surface area (Å²) >= 11 is 1.35. The smallest absolute Gasteiger partial charge is 0.275 e. The number of carbonyl (C=O) groups excluding carboxylic acids is 2. The monoisotopic (exact) mass is 337 g/mol. The first-order chi connectivity index (χ1) is 11.6. The first-order valence-corrected chi connectivity index (χ1v) is 8.20. The van der Waals surface area contributed by atoms with Crippen molar-refractivity contribution in [1.82, 2.24) is 4.98 Å². The zero-order chi connectivity index (χ0) is 16.9. The summed E-state index contributed by atoms with van der Waals surface area (Å²) < 4.78 is 0. The molecule has 1 heterocycles. The number of carbonyl (C=O) groups is 2. The summed E-state index contributed by atoms with van der Waals surface area (Å²) in [7, 11) is 0. The fourth-order valence-corrected chi connectivity index (χ4v) is 2.80. The van der Waals surface area contributed by atoms with Crippen molar-refractivity contribution in [3.05, 3.63) is 71.2 Å². The number of nitrogens with zero attached hydrogens (tertiary/aromatic N) is 1. The van der Waals surface area contributed by atoms with Crippen LogP contribution in [0.15, 0.2) is 60.0 Å². The Labute approximate surface area is 143 Å². The molecule has 0 saturated carbocycles. The van der Waals surface area contributed by atoms with Crippen LogP contribution in [0.4, 0.5) is 16.5 Å². The van der Waals surface area contributed by atoms with E-state index in [2.05, 4.69) is 15.6 Å². The van der Waals surface area contributed by atoms with Crippen LogP contribution < -0.4 is 10.6 Å². The van der Waals surface area contributed by atoms with E-state index in [1.807, 2.05) is 30.3 Å². The van der Waals surface area contributed by atoms with Gasteiger partial charge in [0.2, 0.25) is 0 Å². The molecule has 24 heavy (non-hydrogen) atoms. The second kappa shape index (κ2) is 7.06. The van der Waals surface area contributed by atoms with Crippen LogP contribution in [0.5, 0.6) is 0 Å². The molecule has 0 aliphatic rings. The molecule has 0 bridgehead atoms. The molecule has 0 unspecified atom stereocenters. The molecule has 2 N–H and O–H groups in total. The van der Waals surface area contributed by atoms with E-state index < -0.39 is 0 Å². The number of para-hydroxylation sites is 1. The zero-order valence-corrected chi connectivity index (χ0v) is 13.8. The SMILES string of the molecule is CC(=O)c1cccc(NC(=O)c2csc(Nc3ccccc3)n2)c1. The van der Waals surface area contributed by atoms with Gasteiger partial charge in [0.1, 0.15) is 5.69 Å². The minimum absolute atomic E-state index is 0.0471. The molecule has 3 aromatic rings. The topological polar surface area (TPSA) is 71.1 Å². The van der Waals surface area contributed by atoms with Gasteiger partial charge in [-0.3, -0.25) is 9.59 Å². The zero-order valence-electron chi connectivity index (χ0n) is 12.9. The Hall–Kier alpha value is -2.99. The summed E-state index contributed by atoms with van der Waals surface area (Å²) in [5.41, 5.74) is 2.36. The highest BCUT2D eigenvalue weighted by atomic mass is 32.1. The molecule has 120 valence electrons. The molecule has 0 atom stereocenters. The van der Waals surface area contributed by atoms with Crippen LogP contribution in [0, 0.1) is 0 Å². The minimum atomic E-state index is -0.312. The van der Waals surface area contributed by atoms with E-state index in [0.29, 0.717) is 22.1 Å². The predicted octanol–water partition coefficient (Wildman–Crippen LogP) is 4.34. The number of Topliss-reactive ketones (excluding diaryl/α,β-unsaturated/α-hetero) is 1. The third-order valence-electron chi connectivity index (χ3n) is 3.29. The highest BCUT2D eigenvalue weighted by Crippen LogP contribution is 2.21. The van der Waals surface area contributed by atoms with E-state index in [0.717, 1.165) is 5.69 Å². The number of amides is 1. The highest BCUT2D eigenvalue weighted by molar-refractivity contribution is 7.14. The molecule has 3 rings (SSSR count). The quantitative estimate of drug-likeness (QED) is 0.679. The van der Waals surface area contributed by atoms with Crippen LogP contribution >= 0.6 is 11.3 Å². The second-order valence-electron chi connectivity index (χ2n) is 5.12. The van der Waals surface area contributed by atoms with Gasteiger partial charge in [-0.05, 0) is 31.2 Å². The van der Waals surface area contributed by atoms with Crippen LogP contribution in [0.3, 0.4) is 0 Å². The Kier molecular flexibility index (Phi) is 4.67. The lowest BCUT2D eigenvalue weighted by atomic mass is 10.1. The van der Waals surface area contributed by atoms with E-state index in [9.17, 15) is 9.59 Å². The van der Waals surface area contributed by atoms with Gasteiger partial charge >= 0.3 is 0 Å². The van der Waals surface area contributed by atoms with Crippen molar-refractivity contribution in [2.75, 3.05) is 10.6 Å². The maximum absolute atomic E-state index is 12.3. The molecule has 0 saturated heterocycles. The van der Waals surface area contributed by atoms with Crippen molar-refractivity contribution in [3.8, 4) is 0 Å². The van der Waals surface area contributed by atoms with Crippen LogP contribution in [-0.4, -0.2) is 16.7 Å². The number of ketones is 1. The normalized spacial score (nSPS) is 10.2. The number of hydrogen-bond donors (Lipinski definition) is 2. The van der Waals surface area contributed by atoms with E-state index in [1.54, 1.807) is 29.6 Å². The summed E-state index contributed by atoms with van der Waals surface area (Å²) in [6, 6.07) is 16.5. The molecular formula is C18H15N3O2S. The van der Waals surface area contributed by atoms with E-state index in [1.165, 1.54) is 18.3 Å². The minimum Gasteiger partial charge on any atom is -0.332 e. The third-order valence-corrected chi connectivity index (χ3v) is 4.05. The van der Waals surface area contributed by atoms with E-state index >= 15 is 0 Å². The molecule has 1 aromatic heterocycles. The summed E-state index contributed by atoms with van der Waals surface area (Å²) in [4.78, 5) is 28.0. The second-order valence-corrected chi connectivity index (χ2v) is 5.98. The number of benzene rings is 2. The average molecular weight is 337 g/mol. The molecule has 0 fully saturated rings. The lowest BCUT2D eigenvalue weighted by molar-refractivity contribution is 0.100. The molecule has 0 radical (unpaired) electrons. The predicted molar refractivity (Wildman–Crippen MR) is 96.2 cm³/mol. The van der Waals surface area contributed by atoms with Crippen LogP contribution in [0.2, 0.25) is 0 Å². The van der Waals surface area contributed by atoms with Gasteiger partial charge in [0.15, 0.2) is 10.9 Å². The van der Waals surface area contributed by atoms with Gasteiger partial charge in [-0.25, -0.2) is 4.98 Å². The highest BCUT2D eigenvalue weighted by Gasteiger charge is 2.12. The van der Waals surface area contributed by atoms with Gasteiger partial charge < -0.3 is 10.6 Å². The number of rotatable bonds is 5. The number of nitrogens with one attached hydrogen (secondary N) is 2. The Morgan fingerprint density at radius 3 is 2.50 bits per heavy atom. The molecule has 0 aliphatic carbocycles. The summed E-state index contributed by atoms with van der Waals surface area (Å²) in [5, 5.41) is 8.24. The van der Waals surface area contributed by atoms with Gasteiger partial charge in [-0.2, -0.15) is 0 Å². The number of thiazole rings is 1. The van der Waals surface area contributed by atoms with Gasteiger partial charge in [0.05, 0.1) is 0 Å². The first-order valence-electron chi connectivity index (χ1n) is 7.32. The largest absolute Gasteiger partial charge is 0.332 e. The summed E-state index contributed by atoms with van der Waals surface area (Å²) in [6.45, 7) is 1.49. The van der Waals surface area contributed by atoms with E-state index in [4.69, 9.17) is 0 Å². The summed E-state index contributed by atoms with van der Waals surface area (Å²) in [6.07, 6.45) is 0. The average Bonchev–Trinajstić information content (AvgIpc) is 3.04. The van der Waals surface area contributed by atoms with Gasteiger partial charge in [0.25, 0.3) is 5.91 Å². The Morgan fingerprint density at radius 2 is 1.75 bits per heavy atom. The van der Waals surface area contributed by atoms with Crippen molar-refractivity contribution in [1.29, 1.82) is 0 Å². The van der Waals surface area contributed by atoms with E-state index in [-0.39, 0.29) is 11.7 Å². The molecule has 5 nitrogen and oxygen atoms in total. The van der Waals surface area contributed by atoms with Crippen molar-refractivity contribution in [2.24, 2.45) is 0 Å². The number of hydrogen-bond acceptors (Lipinski definition) is 5. The fourth-order valence-electron chi connectivity index (χ4n) is 2.09. The fraction of sp³-hybridized carbons (Fsp3) is 0.0556. The Balaban J connectivity index is 1.70. The molecule has 2 aromatic carbocycles. The number of aromatic nitrogens is 1. The molecular weight excluding hydrogens is 322 g/mol. The molecule has 0 spiro atoms. The Bertz CT molecular complexity index is 875. The lowest BCUT2D eigenvalue weighted by Gasteiger charge is -2.04.